The van der Waals surface area contributed by atoms with Crippen LogP contribution in [0.25, 0.3) is 5.69 Å². The smallest absolute Gasteiger partial charge is 0.273 e. The van der Waals surface area contributed by atoms with Gasteiger partial charge in [0, 0.05) is 28.7 Å². The summed E-state index contributed by atoms with van der Waals surface area (Å²) in [7, 11) is 0. The van der Waals surface area contributed by atoms with Crippen LogP contribution in [0.4, 0.5) is 11.5 Å². The normalized spacial score (nSPS) is 11.2. The number of nitro benzene ring substituents is 1. The molecule has 34 heavy (non-hydrogen) atoms. The van der Waals surface area contributed by atoms with E-state index in [0.29, 0.717) is 11.4 Å². The van der Waals surface area contributed by atoms with Gasteiger partial charge in [0.25, 0.3) is 11.6 Å². The Morgan fingerprint density at radius 2 is 1.74 bits per heavy atom. The van der Waals surface area contributed by atoms with Gasteiger partial charge in [-0.05, 0) is 38.5 Å². The van der Waals surface area contributed by atoms with Gasteiger partial charge in [-0.25, -0.2) is 4.68 Å². The van der Waals surface area contributed by atoms with E-state index in [1.54, 1.807) is 11.6 Å². The van der Waals surface area contributed by atoms with Gasteiger partial charge in [-0.1, -0.05) is 44.5 Å². The molecule has 0 radical (unpaired) electrons. The molecular weight excluding hydrogens is 434 g/mol. The minimum atomic E-state index is -0.573. The summed E-state index contributed by atoms with van der Waals surface area (Å²) in [6.45, 7) is 11.4. The monoisotopic (exact) mass is 463 g/mol. The maximum Gasteiger partial charge on any atom is 0.273 e. The number of anilines is 1. The van der Waals surface area contributed by atoms with Crippen LogP contribution < -0.4 is 10.6 Å². The van der Waals surface area contributed by atoms with Crippen molar-refractivity contribution in [2.24, 2.45) is 0 Å². The molecule has 1 heterocycles. The van der Waals surface area contributed by atoms with Crippen molar-refractivity contribution in [2.75, 3.05) is 11.9 Å². The van der Waals surface area contributed by atoms with E-state index in [1.807, 2.05) is 58.9 Å². The molecule has 178 valence electrons. The van der Waals surface area contributed by atoms with Crippen LogP contribution in [0.5, 0.6) is 0 Å². The van der Waals surface area contributed by atoms with Gasteiger partial charge in [0.2, 0.25) is 5.91 Å². The van der Waals surface area contributed by atoms with Crippen molar-refractivity contribution in [1.29, 1.82) is 0 Å². The molecule has 0 unspecified atom stereocenters. The number of nitro groups is 1. The minimum Gasteiger partial charge on any atom is -0.343 e. The Kier molecular flexibility index (Phi) is 6.85. The van der Waals surface area contributed by atoms with Gasteiger partial charge in [-0.2, -0.15) is 5.10 Å². The lowest BCUT2D eigenvalue weighted by molar-refractivity contribution is -0.385. The molecule has 9 heteroatoms. The predicted octanol–water partition coefficient (Wildman–Crippen LogP) is 4.37. The molecule has 3 rings (SSSR count). The molecule has 0 aliphatic carbocycles. The van der Waals surface area contributed by atoms with Crippen molar-refractivity contribution in [2.45, 2.75) is 47.0 Å². The van der Waals surface area contributed by atoms with Gasteiger partial charge in [-0.3, -0.25) is 19.7 Å². The number of nitrogens with one attached hydrogen (secondary N) is 2. The molecule has 3 aromatic rings. The molecule has 2 amide bonds. The first-order valence-electron chi connectivity index (χ1n) is 10.9. The summed E-state index contributed by atoms with van der Waals surface area (Å²) >= 11 is 0. The average Bonchev–Trinajstić information content (AvgIpc) is 3.16. The van der Waals surface area contributed by atoms with Crippen molar-refractivity contribution in [1.82, 2.24) is 15.1 Å². The zero-order valence-corrected chi connectivity index (χ0v) is 20.2. The van der Waals surface area contributed by atoms with Crippen molar-refractivity contribution in [3.63, 3.8) is 0 Å². The van der Waals surface area contributed by atoms with Gasteiger partial charge >= 0.3 is 0 Å². The van der Waals surface area contributed by atoms with E-state index >= 15 is 0 Å². The Labute approximate surface area is 198 Å². The van der Waals surface area contributed by atoms with Gasteiger partial charge < -0.3 is 10.6 Å². The highest BCUT2D eigenvalue weighted by atomic mass is 16.6. The van der Waals surface area contributed by atoms with E-state index in [1.165, 1.54) is 18.2 Å². The average molecular weight is 464 g/mol. The Balaban J connectivity index is 1.79. The maximum absolute atomic E-state index is 12.7. The summed E-state index contributed by atoms with van der Waals surface area (Å²) in [5, 5.41) is 21.2. The quantitative estimate of drug-likeness (QED) is 0.415. The second kappa shape index (κ2) is 9.46. The topological polar surface area (TPSA) is 119 Å². The zero-order valence-electron chi connectivity index (χ0n) is 20.2. The molecule has 0 bridgehead atoms. The molecule has 2 N–H and O–H groups in total. The first kappa shape index (κ1) is 24.6. The largest absolute Gasteiger partial charge is 0.343 e. The first-order chi connectivity index (χ1) is 15.9. The molecule has 0 atom stereocenters. The fraction of sp³-hybridized carbons (Fsp3) is 0.320. The first-order valence-corrected chi connectivity index (χ1v) is 10.9. The van der Waals surface area contributed by atoms with Gasteiger partial charge in [0.1, 0.15) is 5.82 Å². The van der Waals surface area contributed by atoms with Gasteiger partial charge in [0.15, 0.2) is 0 Å². The minimum absolute atomic E-state index is 0.112. The number of carbonyl (C=O) groups is 2. The number of amides is 2. The molecular formula is C25H29N5O4. The summed E-state index contributed by atoms with van der Waals surface area (Å²) in [5.74, 6) is -0.528. The van der Waals surface area contributed by atoms with Crippen LogP contribution in [0.3, 0.4) is 0 Å². The zero-order chi connectivity index (χ0) is 25.2. The highest BCUT2D eigenvalue weighted by Crippen LogP contribution is 2.27. The van der Waals surface area contributed by atoms with E-state index in [9.17, 15) is 19.7 Å². The number of aryl methyl sites for hydroxylation is 3. The summed E-state index contributed by atoms with van der Waals surface area (Å²) < 4.78 is 1.69. The lowest BCUT2D eigenvalue weighted by atomic mass is 9.92. The second-order valence-electron chi connectivity index (χ2n) is 9.36. The third-order valence-corrected chi connectivity index (χ3v) is 5.40. The highest BCUT2D eigenvalue weighted by Gasteiger charge is 2.22. The van der Waals surface area contributed by atoms with Crippen molar-refractivity contribution >= 4 is 23.3 Å². The molecule has 0 saturated carbocycles. The maximum atomic E-state index is 12.7. The van der Waals surface area contributed by atoms with Gasteiger partial charge in [-0.15, -0.1) is 0 Å². The predicted molar refractivity (Wildman–Crippen MR) is 131 cm³/mol. The molecule has 0 aliphatic rings. The van der Waals surface area contributed by atoms with Crippen LogP contribution in [0.15, 0.2) is 42.5 Å². The molecule has 2 aromatic carbocycles. The van der Waals surface area contributed by atoms with Crippen molar-refractivity contribution in [3.8, 4) is 5.69 Å². The lowest BCUT2D eigenvalue weighted by Crippen LogP contribution is -2.33. The lowest BCUT2D eigenvalue weighted by Gasteiger charge is -2.14. The number of carbonyl (C=O) groups excluding carboxylic acids is 2. The fourth-order valence-electron chi connectivity index (χ4n) is 3.46. The van der Waals surface area contributed by atoms with E-state index in [2.05, 4.69) is 10.6 Å². The van der Waals surface area contributed by atoms with Gasteiger partial charge in [0.05, 0.1) is 22.8 Å². The van der Waals surface area contributed by atoms with Crippen LogP contribution in [0.1, 0.15) is 53.5 Å². The molecule has 0 fully saturated rings. The van der Waals surface area contributed by atoms with Crippen LogP contribution >= 0.6 is 0 Å². The number of nitrogens with zero attached hydrogens (tertiary/aromatic N) is 3. The number of hydrogen-bond acceptors (Lipinski definition) is 5. The molecule has 9 nitrogen and oxygen atoms in total. The van der Waals surface area contributed by atoms with E-state index in [4.69, 9.17) is 5.10 Å². The SMILES string of the molecule is Cc1ccc(-n2nc(C(C)(C)C)cc2NC(=O)CNC(=O)c2ccc(C)c([N+](=O)[O-])c2)c(C)c1. The number of rotatable bonds is 6. The number of hydrogen-bond donors (Lipinski definition) is 2. The molecule has 0 spiro atoms. The third-order valence-electron chi connectivity index (χ3n) is 5.40. The Morgan fingerprint density at radius 3 is 2.35 bits per heavy atom. The van der Waals surface area contributed by atoms with Crippen LogP contribution in [0.2, 0.25) is 0 Å². The van der Waals surface area contributed by atoms with E-state index in [-0.39, 0.29) is 23.2 Å². The summed E-state index contributed by atoms with van der Waals surface area (Å²) in [5.41, 5.74) is 3.95. The number of benzene rings is 2. The Bertz CT molecular complexity index is 1270. The highest BCUT2D eigenvalue weighted by molar-refractivity contribution is 5.99. The third kappa shape index (κ3) is 5.48. The fourth-order valence-corrected chi connectivity index (χ4v) is 3.46. The van der Waals surface area contributed by atoms with Crippen LogP contribution in [0, 0.1) is 30.9 Å². The second-order valence-corrected chi connectivity index (χ2v) is 9.36. The Hall–Kier alpha value is -4.01. The number of aromatic nitrogens is 2. The van der Waals surface area contributed by atoms with E-state index in [0.717, 1.165) is 22.5 Å². The Morgan fingerprint density at radius 1 is 1.03 bits per heavy atom. The van der Waals surface area contributed by atoms with Crippen LogP contribution in [-0.2, 0) is 10.2 Å². The summed E-state index contributed by atoms with van der Waals surface area (Å²) in [6.07, 6.45) is 0. The summed E-state index contributed by atoms with van der Waals surface area (Å²) in [6, 6.07) is 12.0. The van der Waals surface area contributed by atoms with Crippen molar-refractivity contribution < 1.29 is 14.5 Å². The molecule has 0 saturated heterocycles. The van der Waals surface area contributed by atoms with Crippen LogP contribution in [-0.4, -0.2) is 33.1 Å². The molecule has 0 aliphatic heterocycles. The standard InChI is InChI=1S/C25H29N5O4/c1-15-7-10-19(17(3)11-15)29-22(13-21(28-29)25(4,5)6)27-23(31)14-26-24(32)18-9-8-16(2)20(12-18)30(33)34/h7-13H,14H2,1-6H3,(H,26,32)(H,27,31). The van der Waals surface area contributed by atoms with E-state index < -0.39 is 16.7 Å². The molecule has 1 aromatic heterocycles. The van der Waals surface area contributed by atoms with Crippen molar-refractivity contribution in [3.05, 3.63) is 80.5 Å². The summed E-state index contributed by atoms with van der Waals surface area (Å²) in [4.78, 5) is 35.7.